The standard InChI is InChI=1S/C20H28O5/c1-3-4-5-6-10-13-18-19(14-22-15-23-18)25-20(21)16(2)24-17-11-8-7-9-12-17/h7-13,16,18-19H,3-6,14-15H2,1-2H3/b13-10-/t16-,18-,19-/m0/s1. The molecular formula is C20H28O5. The number of hydrogen-bond acceptors (Lipinski definition) is 5. The number of ether oxygens (including phenoxy) is 4. The lowest BCUT2D eigenvalue weighted by atomic mass is 10.1. The number of carbonyl (C=O) groups is 1. The van der Waals surface area contributed by atoms with Crippen molar-refractivity contribution in [2.45, 2.75) is 57.8 Å². The van der Waals surface area contributed by atoms with Crippen molar-refractivity contribution in [1.29, 1.82) is 0 Å². The van der Waals surface area contributed by atoms with Gasteiger partial charge in [-0.1, -0.05) is 50.1 Å². The van der Waals surface area contributed by atoms with Crippen molar-refractivity contribution < 1.29 is 23.7 Å². The van der Waals surface area contributed by atoms with Gasteiger partial charge >= 0.3 is 5.97 Å². The predicted molar refractivity (Wildman–Crippen MR) is 95.4 cm³/mol. The van der Waals surface area contributed by atoms with Crippen LogP contribution < -0.4 is 4.74 Å². The fourth-order valence-corrected chi connectivity index (χ4v) is 2.51. The molecule has 0 spiro atoms. The Labute approximate surface area is 149 Å². The third-order valence-electron chi connectivity index (χ3n) is 3.95. The molecule has 1 heterocycles. The van der Waals surface area contributed by atoms with Crippen molar-refractivity contribution in [1.82, 2.24) is 0 Å². The highest BCUT2D eigenvalue weighted by atomic mass is 16.7. The summed E-state index contributed by atoms with van der Waals surface area (Å²) in [5.41, 5.74) is 0. The molecule has 0 N–H and O–H groups in total. The van der Waals surface area contributed by atoms with Crippen LogP contribution in [0.2, 0.25) is 0 Å². The minimum Gasteiger partial charge on any atom is -0.479 e. The van der Waals surface area contributed by atoms with E-state index in [1.165, 1.54) is 12.8 Å². The smallest absolute Gasteiger partial charge is 0.347 e. The molecule has 2 rings (SSSR count). The van der Waals surface area contributed by atoms with Gasteiger partial charge in [0.25, 0.3) is 0 Å². The molecule has 0 saturated carbocycles. The summed E-state index contributed by atoms with van der Waals surface area (Å²) in [5.74, 6) is 0.211. The maximum Gasteiger partial charge on any atom is 0.347 e. The van der Waals surface area contributed by atoms with Crippen molar-refractivity contribution >= 4 is 5.97 Å². The number of para-hydroxylation sites is 1. The second kappa shape index (κ2) is 10.9. The largest absolute Gasteiger partial charge is 0.479 e. The van der Waals surface area contributed by atoms with E-state index in [-0.39, 0.29) is 12.9 Å². The average molecular weight is 348 g/mol. The van der Waals surface area contributed by atoms with Crippen molar-refractivity contribution in [3.05, 3.63) is 42.5 Å². The van der Waals surface area contributed by atoms with Crippen LogP contribution in [-0.4, -0.2) is 37.7 Å². The molecule has 1 aliphatic heterocycles. The zero-order valence-corrected chi connectivity index (χ0v) is 15.1. The highest BCUT2D eigenvalue weighted by Crippen LogP contribution is 2.16. The number of allylic oxidation sites excluding steroid dienone is 1. The number of esters is 1. The van der Waals surface area contributed by atoms with Crippen molar-refractivity contribution in [3.63, 3.8) is 0 Å². The minimum atomic E-state index is -0.696. The van der Waals surface area contributed by atoms with Gasteiger partial charge in [-0.15, -0.1) is 0 Å². The molecule has 0 unspecified atom stereocenters. The van der Waals surface area contributed by atoms with Crippen LogP contribution in [0.5, 0.6) is 5.75 Å². The van der Waals surface area contributed by atoms with Crippen LogP contribution in [0.1, 0.15) is 39.5 Å². The van der Waals surface area contributed by atoms with Crippen molar-refractivity contribution in [2.24, 2.45) is 0 Å². The van der Waals surface area contributed by atoms with Crippen LogP contribution in [-0.2, 0) is 19.0 Å². The molecule has 1 aromatic carbocycles. The topological polar surface area (TPSA) is 54.0 Å². The average Bonchev–Trinajstić information content (AvgIpc) is 2.63. The fraction of sp³-hybridized carbons (Fsp3) is 0.550. The Bertz CT molecular complexity index is 528. The third-order valence-corrected chi connectivity index (χ3v) is 3.95. The predicted octanol–water partition coefficient (Wildman–Crippen LogP) is 3.88. The van der Waals surface area contributed by atoms with Crippen LogP contribution >= 0.6 is 0 Å². The first-order valence-electron chi connectivity index (χ1n) is 8.99. The van der Waals surface area contributed by atoms with Gasteiger partial charge in [0.1, 0.15) is 18.6 Å². The summed E-state index contributed by atoms with van der Waals surface area (Å²) in [6.07, 6.45) is 7.21. The van der Waals surface area contributed by atoms with E-state index in [0.29, 0.717) is 12.4 Å². The third kappa shape index (κ3) is 6.88. The minimum absolute atomic E-state index is 0.216. The molecule has 25 heavy (non-hydrogen) atoms. The number of benzene rings is 1. The monoisotopic (exact) mass is 348 g/mol. The molecule has 1 aliphatic rings. The molecule has 0 aliphatic carbocycles. The summed E-state index contributed by atoms with van der Waals surface area (Å²) in [6, 6.07) is 9.21. The van der Waals surface area contributed by atoms with E-state index in [4.69, 9.17) is 18.9 Å². The highest BCUT2D eigenvalue weighted by Gasteiger charge is 2.30. The number of rotatable bonds is 9. The second-order valence-electron chi connectivity index (χ2n) is 6.09. The molecule has 1 fully saturated rings. The molecule has 1 saturated heterocycles. The Kier molecular flexibility index (Phi) is 8.49. The quantitative estimate of drug-likeness (QED) is 0.385. The van der Waals surface area contributed by atoms with Crippen LogP contribution in [0.15, 0.2) is 42.5 Å². The van der Waals surface area contributed by atoms with Gasteiger partial charge in [-0.2, -0.15) is 0 Å². The van der Waals surface area contributed by atoms with Crippen LogP contribution in [0, 0.1) is 0 Å². The number of carbonyl (C=O) groups excluding carboxylic acids is 1. The van der Waals surface area contributed by atoms with Gasteiger partial charge in [0.05, 0.1) is 6.61 Å². The molecule has 5 heteroatoms. The first kappa shape index (κ1) is 19.5. The second-order valence-corrected chi connectivity index (χ2v) is 6.09. The molecule has 0 aromatic heterocycles. The summed E-state index contributed by atoms with van der Waals surface area (Å²) >= 11 is 0. The van der Waals surface area contributed by atoms with E-state index >= 15 is 0 Å². The summed E-state index contributed by atoms with van der Waals surface area (Å²) in [7, 11) is 0. The Morgan fingerprint density at radius 1 is 1.32 bits per heavy atom. The fourth-order valence-electron chi connectivity index (χ4n) is 2.51. The van der Waals surface area contributed by atoms with Gasteiger partial charge in [-0.25, -0.2) is 4.79 Å². The van der Waals surface area contributed by atoms with Gasteiger partial charge in [-0.3, -0.25) is 0 Å². The molecular weight excluding hydrogens is 320 g/mol. The van der Waals surface area contributed by atoms with E-state index in [0.717, 1.165) is 12.8 Å². The first-order valence-corrected chi connectivity index (χ1v) is 8.99. The Balaban J connectivity index is 1.83. The molecule has 0 amide bonds. The van der Waals surface area contributed by atoms with Gasteiger partial charge in [-0.05, 0) is 31.9 Å². The zero-order valence-electron chi connectivity index (χ0n) is 15.1. The lowest BCUT2D eigenvalue weighted by Gasteiger charge is -2.30. The van der Waals surface area contributed by atoms with E-state index in [1.807, 2.05) is 24.3 Å². The summed E-state index contributed by atoms with van der Waals surface area (Å²) in [5, 5.41) is 0. The first-order chi connectivity index (χ1) is 12.2. The van der Waals surface area contributed by atoms with Crippen LogP contribution in [0.4, 0.5) is 0 Å². The number of unbranched alkanes of at least 4 members (excludes halogenated alkanes) is 3. The molecule has 138 valence electrons. The Morgan fingerprint density at radius 2 is 2.12 bits per heavy atom. The molecule has 5 nitrogen and oxygen atoms in total. The summed E-state index contributed by atoms with van der Waals surface area (Å²) in [6.45, 7) is 4.40. The van der Waals surface area contributed by atoms with Crippen LogP contribution in [0.3, 0.4) is 0 Å². The normalized spacial score (nSPS) is 21.8. The van der Waals surface area contributed by atoms with Gasteiger partial charge in [0.15, 0.2) is 12.2 Å². The molecule has 1 aromatic rings. The lowest BCUT2D eigenvalue weighted by molar-refractivity contribution is -0.203. The van der Waals surface area contributed by atoms with E-state index in [1.54, 1.807) is 19.1 Å². The number of hydrogen-bond donors (Lipinski definition) is 0. The maximum atomic E-state index is 12.3. The van der Waals surface area contributed by atoms with Gasteiger partial charge in [0, 0.05) is 0 Å². The van der Waals surface area contributed by atoms with Gasteiger partial charge in [0.2, 0.25) is 0 Å². The Hall–Kier alpha value is -1.85. The van der Waals surface area contributed by atoms with E-state index < -0.39 is 18.2 Å². The van der Waals surface area contributed by atoms with Crippen molar-refractivity contribution in [3.8, 4) is 5.75 Å². The zero-order chi connectivity index (χ0) is 17.9. The van der Waals surface area contributed by atoms with Crippen LogP contribution in [0.25, 0.3) is 0 Å². The highest BCUT2D eigenvalue weighted by molar-refractivity contribution is 5.74. The maximum absolute atomic E-state index is 12.3. The molecule has 0 bridgehead atoms. The van der Waals surface area contributed by atoms with Crippen molar-refractivity contribution in [2.75, 3.05) is 13.4 Å². The summed E-state index contributed by atoms with van der Waals surface area (Å²) in [4.78, 5) is 12.3. The van der Waals surface area contributed by atoms with E-state index in [2.05, 4.69) is 13.0 Å². The SMILES string of the molecule is CCCCC/C=C\[C@@H]1OCOC[C@@H]1OC(=O)[C@H](C)Oc1ccccc1. The molecule has 0 radical (unpaired) electrons. The molecule has 3 atom stereocenters. The lowest BCUT2D eigenvalue weighted by Crippen LogP contribution is -2.43. The summed E-state index contributed by atoms with van der Waals surface area (Å²) < 4.78 is 22.0. The Morgan fingerprint density at radius 3 is 2.88 bits per heavy atom. The van der Waals surface area contributed by atoms with E-state index in [9.17, 15) is 4.79 Å². The van der Waals surface area contributed by atoms with Gasteiger partial charge < -0.3 is 18.9 Å².